The number of aliphatic hydroxyl groups is 1. The highest BCUT2D eigenvalue weighted by Gasteiger charge is 2.44. The van der Waals surface area contributed by atoms with Crippen LogP contribution in [0.2, 0.25) is 0 Å². The van der Waals surface area contributed by atoms with Crippen molar-refractivity contribution >= 4 is 5.69 Å². The summed E-state index contributed by atoms with van der Waals surface area (Å²) in [6, 6.07) is 6.45. The summed E-state index contributed by atoms with van der Waals surface area (Å²) in [7, 11) is 3.87. The zero-order chi connectivity index (χ0) is 13.2. The van der Waals surface area contributed by atoms with Gasteiger partial charge in [-0.25, -0.2) is 4.39 Å². The normalized spacial score (nSPS) is 18.4. The summed E-state index contributed by atoms with van der Waals surface area (Å²) in [4.78, 5) is 2.06. The minimum atomic E-state index is -0.247. The Labute approximate surface area is 108 Å². The number of halogens is 1. The van der Waals surface area contributed by atoms with E-state index in [9.17, 15) is 9.50 Å². The molecule has 0 amide bonds. The number of benzene rings is 1. The summed E-state index contributed by atoms with van der Waals surface area (Å²) in [5.74, 6) is 0.312. The van der Waals surface area contributed by atoms with Crippen LogP contribution in [0.15, 0.2) is 24.3 Å². The fraction of sp³-hybridized carbons (Fsp3) is 0.571. The summed E-state index contributed by atoms with van der Waals surface area (Å²) >= 11 is 0. The molecule has 0 bridgehead atoms. The maximum Gasteiger partial charge on any atom is 0.123 e. The molecule has 2 N–H and O–H groups in total. The van der Waals surface area contributed by atoms with Crippen LogP contribution < -0.4 is 10.2 Å². The molecule has 1 aliphatic carbocycles. The number of nitrogens with zero attached hydrogens (tertiary/aromatic N) is 1. The van der Waals surface area contributed by atoms with E-state index in [1.165, 1.54) is 25.0 Å². The number of anilines is 1. The second kappa shape index (κ2) is 5.24. The van der Waals surface area contributed by atoms with Crippen molar-refractivity contribution < 1.29 is 9.50 Å². The topological polar surface area (TPSA) is 35.5 Å². The van der Waals surface area contributed by atoms with Gasteiger partial charge in [-0.3, -0.25) is 0 Å². The Bertz CT molecular complexity index is 385. The Morgan fingerprint density at radius 2 is 2.00 bits per heavy atom. The first kappa shape index (κ1) is 13.3. The predicted octanol–water partition coefficient (Wildman–Crippen LogP) is 1.62. The molecule has 4 heteroatoms. The number of nitrogens with one attached hydrogen (secondary N) is 1. The molecule has 3 nitrogen and oxygen atoms in total. The van der Waals surface area contributed by atoms with Gasteiger partial charge in [0.05, 0.1) is 12.1 Å². The second-order valence-corrected chi connectivity index (χ2v) is 5.17. The highest BCUT2D eigenvalue weighted by molar-refractivity contribution is 5.46. The molecule has 1 saturated carbocycles. The average molecular weight is 252 g/mol. The highest BCUT2D eigenvalue weighted by Crippen LogP contribution is 2.40. The number of hydrogen-bond acceptors (Lipinski definition) is 3. The van der Waals surface area contributed by atoms with Crippen LogP contribution in [0.1, 0.15) is 12.8 Å². The van der Waals surface area contributed by atoms with Gasteiger partial charge in [0.2, 0.25) is 0 Å². The molecular formula is C14H21FN2O. The SMILES string of the molecule is CNC(CO)(CN(C)c1ccc(F)cc1)C1CC1. The first-order chi connectivity index (χ1) is 8.61. The highest BCUT2D eigenvalue weighted by atomic mass is 19.1. The van der Waals surface area contributed by atoms with Gasteiger partial charge in [-0.1, -0.05) is 0 Å². The number of rotatable bonds is 6. The Hall–Kier alpha value is -1.13. The van der Waals surface area contributed by atoms with E-state index in [2.05, 4.69) is 10.2 Å². The molecule has 1 unspecified atom stereocenters. The smallest absolute Gasteiger partial charge is 0.123 e. The lowest BCUT2D eigenvalue weighted by atomic mass is 9.93. The van der Waals surface area contributed by atoms with Gasteiger partial charge in [0.1, 0.15) is 5.82 Å². The van der Waals surface area contributed by atoms with E-state index in [1.807, 2.05) is 14.1 Å². The van der Waals surface area contributed by atoms with Crippen molar-refractivity contribution in [1.82, 2.24) is 5.32 Å². The van der Waals surface area contributed by atoms with Crippen LogP contribution in [0.4, 0.5) is 10.1 Å². The molecule has 100 valence electrons. The summed E-state index contributed by atoms with van der Waals surface area (Å²) in [5, 5.41) is 13.0. The Kier molecular flexibility index (Phi) is 3.88. The van der Waals surface area contributed by atoms with E-state index in [4.69, 9.17) is 0 Å². The third-order valence-electron chi connectivity index (χ3n) is 3.93. The number of aliphatic hydroxyl groups excluding tert-OH is 1. The predicted molar refractivity (Wildman–Crippen MR) is 71.3 cm³/mol. The lowest BCUT2D eigenvalue weighted by Gasteiger charge is -2.36. The average Bonchev–Trinajstić information content (AvgIpc) is 3.21. The second-order valence-electron chi connectivity index (χ2n) is 5.17. The van der Waals surface area contributed by atoms with Crippen molar-refractivity contribution in [3.05, 3.63) is 30.1 Å². The van der Waals surface area contributed by atoms with Gasteiger partial charge in [-0.15, -0.1) is 0 Å². The molecule has 0 heterocycles. The molecule has 0 spiro atoms. The van der Waals surface area contributed by atoms with E-state index >= 15 is 0 Å². The van der Waals surface area contributed by atoms with E-state index in [0.717, 1.165) is 12.2 Å². The van der Waals surface area contributed by atoms with Crippen LogP contribution in [0.25, 0.3) is 0 Å². The summed E-state index contributed by atoms with van der Waals surface area (Å²) in [6.45, 7) is 0.843. The molecule has 2 rings (SSSR count). The van der Waals surface area contributed by atoms with Gasteiger partial charge < -0.3 is 15.3 Å². The Balaban J connectivity index is 2.09. The zero-order valence-corrected chi connectivity index (χ0v) is 11.0. The molecule has 18 heavy (non-hydrogen) atoms. The van der Waals surface area contributed by atoms with Gasteiger partial charge >= 0.3 is 0 Å². The van der Waals surface area contributed by atoms with Crippen LogP contribution >= 0.6 is 0 Å². The van der Waals surface area contributed by atoms with Crippen LogP contribution in [0, 0.1) is 11.7 Å². The molecule has 1 aliphatic rings. The zero-order valence-electron chi connectivity index (χ0n) is 11.0. The van der Waals surface area contributed by atoms with Crippen molar-refractivity contribution in [2.45, 2.75) is 18.4 Å². The van der Waals surface area contributed by atoms with Crippen molar-refractivity contribution in [2.24, 2.45) is 5.92 Å². The molecule has 1 aromatic carbocycles. The van der Waals surface area contributed by atoms with Crippen LogP contribution in [0.3, 0.4) is 0 Å². The summed E-state index contributed by atoms with van der Waals surface area (Å²) in [5.41, 5.74) is 0.716. The van der Waals surface area contributed by atoms with Gasteiger partial charge in [-0.05, 0) is 50.1 Å². The van der Waals surface area contributed by atoms with E-state index in [1.54, 1.807) is 12.1 Å². The summed E-state index contributed by atoms with van der Waals surface area (Å²) < 4.78 is 12.9. The first-order valence-corrected chi connectivity index (χ1v) is 6.38. The van der Waals surface area contributed by atoms with Crippen molar-refractivity contribution in [3.63, 3.8) is 0 Å². The quantitative estimate of drug-likeness (QED) is 0.807. The monoisotopic (exact) mass is 252 g/mol. The van der Waals surface area contributed by atoms with Crippen LogP contribution in [-0.4, -0.2) is 37.9 Å². The fourth-order valence-corrected chi connectivity index (χ4v) is 2.52. The van der Waals surface area contributed by atoms with Gasteiger partial charge in [0.25, 0.3) is 0 Å². The largest absolute Gasteiger partial charge is 0.394 e. The Morgan fingerprint density at radius 1 is 1.39 bits per heavy atom. The molecule has 1 atom stereocenters. The van der Waals surface area contributed by atoms with Crippen LogP contribution in [0.5, 0.6) is 0 Å². The van der Waals surface area contributed by atoms with Crippen molar-refractivity contribution in [2.75, 3.05) is 32.1 Å². The minimum absolute atomic E-state index is 0.125. The van der Waals surface area contributed by atoms with E-state index in [0.29, 0.717) is 5.92 Å². The third kappa shape index (κ3) is 2.65. The van der Waals surface area contributed by atoms with Gasteiger partial charge in [0.15, 0.2) is 0 Å². The molecule has 0 saturated heterocycles. The number of likely N-dealkylation sites (N-methyl/N-ethyl adjacent to an activating group) is 2. The van der Waals surface area contributed by atoms with Gasteiger partial charge in [-0.2, -0.15) is 0 Å². The maximum absolute atomic E-state index is 12.9. The standard InChI is InChI=1S/C14H21FN2O/c1-16-14(10-18,11-3-4-11)9-17(2)13-7-5-12(15)6-8-13/h5-8,11,16,18H,3-4,9-10H2,1-2H3. The molecule has 1 fully saturated rings. The summed E-state index contributed by atoms with van der Waals surface area (Å²) in [6.07, 6.45) is 2.33. The van der Waals surface area contributed by atoms with Crippen molar-refractivity contribution in [1.29, 1.82) is 0 Å². The van der Waals surface area contributed by atoms with Crippen molar-refractivity contribution in [3.8, 4) is 0 Å². The van der Waals surface area contributed by atoms with Crippen LogP contribution in [-0.2, 0) is 0 Å². The molecular weight excluding hydrogens is 231 g/mol. The minimum Gasteiger partial charge on any atom is -0.394 e. The maximum atomic E-state index is 12.9. The molecule has 0 aliphatic heterocycles. The Morgan fingerprint density at radius 3 is 2.44 bits per heavy atom. The number of hydrogen-bond donors (Lipinski definition) is 2. The van der Waals surface area contributed by atoms with Gasteiger partial charge in [0, 0.05) is 19.3 Å². The molecule has 0 aromatic heterocycles. The lowest BCUT2D eigenvalue weighted by Crippen LogP contribution is -2.56. The lowest BCUT2D eigenvalue weighted by molar-refractivity contribution is 0.153. The fourth-order valence-electron chi connectivity index (χ4n) is 2.52. The van der Waals surface area contributed by atoms with E-state index < -0.39 is 0 Å². The third-order valence-corrected chi connectivity index (χ3v) is 3.93. The first-order valence-electron chi connectivity index (χ1n) is 6.38. The molecule has 0 radical (unpaired) electrons. The van der Waals surface area contributed by atoms with E-state index in [-0.39, 0.29) is 18.0 Å². The molecule has 1 aromatic rings.